The maximum absolute atomic E-state index is 14.1. The number of nitrogens with one attached hydrogen (secondary N) is 1. The van der Waals surface area contributed by atoms with Gasteiger partial charge in [0.15, 0.2) is 0 Å². The topological polar surface area (TPSA) is 15.3 Å². The number of hydrogen-bond donors (Lipinski definition) is 1. The first-order chi connectivity index (χ1) is 9.13. The molecule has 1 fully saturated rings. The Morgan fingerprint density at radius 1 is 1.25 bits per heavy atom. The van der Waals surface area contributed by atoms with E-state index in [0.717, 1.165) is 39.0 Å². The van der Waals surface area contributed by atoms with Gasteiger partial charge in [-0.15, -0.1) is 12.4 Å². The standard InChI is InChI=1S/C14H19ClF2N2.ClH/c1-2-3-13(19-6-4-18-5-7-19)14-11(16)8-10(15)9-12(14)17;/h8-9,13,18H,2-7H2,1H3;1H/t13-;/m1./s1. The van der Waals surface area contributed by atoms with Crippen LogP contribution in [0, 0.1) is 11.6 Å². The van der Waals surface area contributed by atoms with E-state index in [0.29, 0.717) is 0 Å². The summed E-state index contributed by atoms with van der Waals surface area (Å²) < 4.78 is 28.1. The molecule has 1 atom stereocenters. The second-order valence-corrected chi connectivity index (χ2v) is 5.31. The van der Waals surface area contributed by atoms with E-state index in [4.69, 9.17) is 11.6 Å². The Balaban J connectivity index is 0.00000200. The maximum atomic E-state index is 14.1. The Morgan fingerprint density at radius 2 is 1.80 bits per heavy atom. The van der Waals surface area contributed by atoms with Gasteiger partial charge in [0.2, 0.25) is 0 Å². The summed E-state index contributed by atoms with van der Waals surface area (Å²) in [7, 11) is 0. The molecule has 20 heavy (non-hydrogen) atoms. The third-order valence-electron chi connectivity index (χ3n) is 3.53. The summed E-state index contributed by atoms with van der Waals surface area (Å²) >= 11 is 5.69. The van der Waals surface area contributed by atoms with Crippen LogP contribution in [-0.2, 0) is 0 Å². The molecule has 0 bridgehead atoms. The van der Waals surface area contributed by atoms with E-state index in [2.05, 4.69) is 10.2 Å². The van der Waals surface area contributed by atoms with Crippen molar-refractivity contribution in [3.8, 4) is 0 Å². The highest BCUT2D eigenvalue weighted by atomic mass is 35.5. The van der Waals surface area contributed by atoms with Crippen molar-refractivity contribution in [3.05, 3.63) is 34.4 Å². The van der Waals surface area contributed by atoms with E-state index < -0.39 is 11.6 Å². The van der Waals surface area contributed by atoms with Gasteiger partial charge in [-0.05, 0) is 18.6 Å². The van der Waals surface area contributed by atoms with Crippen LogP contribution in [0.1, 0.15) is 31.4 Å². The molecule has 1 aromatic rings. The van der Waals surface area contributed by atoms with Gasteiger partial charge in [0.05, 0.1) is 0 Å². The predicted octanol–water partition coefficient (Wildman–Crippen LogP) is 3.79. The van der Waals surface area contributed by atoms with Crippen molar-refractivity contribution in [3.63, 3.8) is 0 Å². The molecule has 1 aliphatic heterocycles. The first kappa shape index (κ1) is 17.6. The van der Waals surface area contributed by atoms with Gasteiger partial charge in [0.1, 0.15) is 11.6 Å². The molecule has 6 heteroatoms. The predicted molar refractivity (Wildman–Crippen MR) is 80.7 cm³/mol. The van der Waals surface area contributed by atoms with Crippen molar-refractivity contribution < 1.29 is 8.78 Å². The van der Waals surface area contributed by atoms with Gasteiger partial charge in [0.25, 0.3) is 0 Å². The monoisotopic (exact) mass is 324 g/mol. The maximum Gasteiger partial charge on any atom is 0.132 e. The van der Waals surface area contributed by atoms with Gasteiger partial charge in [-0.1, -0.05) is 24.9 Å². The minimum atomic E-state index is -0.540. The third kappa shape index (κ3) is 4.04. The third-order valence-corrected chi connectivity index (χ3v) is 3.75. The van der Waals surface area contributed by atoms with E-state index in [1.165, 1.54) is 12.1 Å². The van der Waals surface area contributed by atoms with E-state index in [1.807, 2.05) is 6.92 Å². The average molecular weight is 325 g/mol. The molecule has 114 valence electrons. The first-order valence-corrected chi connectivity index (χ1v) is 7.10. The van der Waals surface area contributed by atoms with Crippen LogP contribution < -0.4 is 5.32 Å². The van der Waals surface area contributed by atoms with Crippen LogP contribution in [0.25, 0.3) is 0 Å². The average Bonchev–Trinajstić information content (AvgIpc) is 2.37. The molecule has 1 aliphatic rings. The Kier molecular flexibility index (Phi) is 7.17. The zero-order valence-electron chi connectivity index (χ0n) is 11.5. The number of hydrogen-bond acceptors (Lipinski definition) is 2. The highest BCUT2D eigenvalue weighted by Crippen LogP contribution is 2.32. The van der Waals surface area contributed by atoms with E-state index in [1.54, 1.807) is 0 Å². The summed E-state index contributed by atoms with van der Waals surface area (Å²) in [6.45, 7) is 5.37. The number of halogens is 4. The molecular formula is C14H20Cl2F2N2. The Morgan fingerprint density at radius 3 is 2.30 bits per heavy atom. The van der Waals surface area contributed by atoms with Crippen LogP contribution in [0.3, 0.4) is 0 Å². The van der Waals surface area contributed by atoms with Crippen molar-refractivity contribution >= 4 is 24.0 Å². The van der Waals surface area contributed by atoms with Gasteiger partial charge >= 0.3 is 0 Å². The second kappa shape index (κ2) is 8.13. The Hall–Kier alpha value is -0.420. The summed E-state index contributed by atoms with van der Waals surface area (Å²) in [6, 6.07) is 2.19. The number of rotatable bonds is 4. The minimum Gasteiger partial charge on any atom is -0.314 e. The quantitative estimate of drug-likeness (QED) is 0.906. The minimum absolute atomic E-state index is 0. The fourth-order valence-electron chi connectivity index (χ4n) is 2.65. The van der Waals surface area contributed by atoms with E-state index in [-0.39, 0.29) is 29.0 Å². The summed E-state index contributed by atoms with van der Waals surface area (Å²) in [4.78, 5) is 2.15. The smallest absolute Gasteiger partial charge is 0.132 e. The first-order valence-electron chi connectivity index (χ1n) is 6.72. The lowest BCUT2D eigenvalue weighted by Crippen LogP contribution is -2.45. The van der Waals surface area contributed by atoms with Crippen molar-refractivity contribution in [2.75, 3.05) is 26.2 Å². The molecule has 1 N–H and O–H groups in total. The van der Waals surface area contributed by atoms with E-state index >= 15 is 0 Å². The molecule has 2 rings (SSSR count). The van der Waals surface area contributed by atoms with Gasteiger partial charge in [-0.2, -0.15) is 0 Å². The van der Waals surface area contributed by atoms with Crippen LogP contribution in [0.15, 0.2) is 12.1 Å². The SMILES string of the molecule is CCC[C@H](c1c(F)cc(Cl)cc1F)N1CCNCC1.Cl. The molecule has 1 aromatic carbocycles. The van der Waals surface area contributed by atoms with Gasteiger partial charge in [-0.25, -0.2) is 8.78 Å². The van der Waals surface area contributed by atoms with Gasteiger partial charge in [-0.3, -0.25) is 4.90 Å². The van der Waals surface area contributed by atoms with Crippen LogP contribution in [0.4, 0.5) is 8.78 Å². The molecule has 2 nitrogen and oxygen atoms in total. The lowest BCUT2D eigenvalue weighted by molar-refractivity contribution is 0.158. The van der Waals surface area contributed by atoms with Crippen LogP contribution in [0.5, 0.6) is 0 Å². The molecule has 0 unspecified atom stereocenters. The molecule has 0 radical (unpaired) electrons. The van der Waals surface area contributed by atoms with Gasteiger partial charge in [0, 0.05) is 42.8 Å². The summed E-state index contributed by atoms with van der Waals surface area (Å²) in [6.07, 6.45) is 1.63. The molecule has 0 aliphatic carbocycles. The van der Waals surface area contributed by atoms with Crippen LogP contribution in [0.2, 0.25) is 5.02 Å². The lowest BCUT2D eigenvalue weighted by Gasteiger charge is -2.35. The fourth-order valence-corrected chi connectivity index (χ4v) is 2.84. The molecular weight excluding hydrogens is 305 g/mol. The highest BCUT2D eigenvalue weighted by Gasteiger charge is 2.27. The number of piperazine rings is 1. The largest absolute Gasteiger partial charge is 0.314 e. The van der Waals surface area contributed by atoms with Crippen molar-refractivity contribution in [2.45, 2.75) is 25.8 Å². The van der Waals surface area contributed by atoms with Crippen molar-refractivity contribution in [1.82, 2.24) is 10.2 Å². The molecule has 0 spiro atoms. The highest BCUT2D eigenvalue weighted by molar-refractivity contribution is 6.30. The van der Waals surface area contributed by atoms with Crippen molar-refractivity contribution in [1.29, 1.82) is 0 Å². The Labute approximate surface area is 129 Å². The normalized spacial score (nSPS) is 17.6. The zero-order chi connectivity index (χ0) is 13.8. The molecule has 1 heterocycles. The second-order valence-electron chi connectivity index (χ2n) is 4.87. The number of benzene rings is 1. The number of nitrogens with zero attached hydrogens (tertiary/aromatic N) is 1. The molecule has 0 amide bonds. The zero-order valence-corrected chi connectivity index (χ0v) is 13.0. The summed E-state index contributed by atoms with van der Waals surface area (Å²) in [5, 5.41) is 3.36. The molecule has 0 aromatic heterocycles. The Bertz CT molecular complexity index is 414. The molecule has 0 saturated carbocycles. The van der Waals surface area contributed by atoms with Crippen LogP contribution >= 0.6 is 24.0 Å². The molecule has 1 saturated heterocycles. The van der Waals surface area contributed by atoms with Crippen LogP contribution in [-0.4, -0.2) is 31.1 Å². The van der Waals surface area contributed by atoms with Crippen molar-refractivity contribution in [2.24, 2.45) is 0 Å². The van der Waals surface area contributed by atoms with Gasteiger partial charge < -0.3 is 5.32 Å². The lowest BCUT2D eigenvalue weighted by atomic mass is 9.98. The van der Waals surface area contributed by atoms with E-state index in [9.17, 15) is 8.78 Å². The summed E-state index contributed by atoms with van der Waals surface area (Å²) in [5.74, 6) is -1.08. The summed E-state index contributed by atoms with van der Waals surface area (Å²) in [5.41, 5.74) is 0.160. The fraction of sp³-hybridized carbons (Fsp3) is 0.571.